The number of benzene rings is 2. The lowest BCUT2D eigenvalue weighted by Crippen LogP contribution is -2.38. The van der Waals surface area contributed by atoms with Gasteiger partial charge in [0.25, 0.3) is 0 Å². The summed E-state index contributed by atoms with van der Waals surface area (Å²) in [7, 11) is 0. The van der Waals surface area contributed by atoms with Crippen LogP contribution in [0.2, 0.25) is 5.02 Å². The van der Waals surface area contributed by atoms with E-state index in [4.69, 9.17) is 16.3 Å². The SMILES string of the molecule is CCOc1ccc(Nc2ccc(Cl)cc2/C=N\NC(=O)C(=O)NC2CC2)cc1. The van der Waals surface area contributed by atoms with Gasteiger partial charge in [0.15, 0.2) is 0 Å². The van der Waals surface area contributed by atoms with Gasteiger partial charge in [-0.25, -0.2) is 5.43 Å². The van der Waals surface area contributed by atoms with E-state index in [-0.39, 0.29) is 6.04 Å². The van der Waals surface area contributed by atoms with Gasteiger partial charge in [-0.3, -0.25) is 9.59 Å². The van der Waals surface area contributed by atoms with Crippen LogP contribution in [0.3, 0.4) is 0 Å². The topological polar surface area (TPSA) is 91.8 Å². The Morgan fingerprint density at radius 3 is 2.61 bits per heavy atom. The van der Waals surface area contributed by atoms with Gasteiger partial charge in [-0.2, -0.15) is 5.10 Å². The number of halogens is 1. The van der Waals surface area contributed by atoms with Crippen LogP contribution in [0.4, 0.5) is 11.4 Å². The van der Waals surface area contributed by atoms with Crippen molar-refractivity contribution in [2.45, 2.75) is 25.8 Å². The van der Waals surface area contributed by atoms with Crippen molar-refractivity contribution >= 4 is 41.0 Å². The van der Waals surface area contributed by atoms with Crippen molar-refractivity contribution in [1.82, 2.24) is 10.7 Å². The van der Waals surface area contributed by atoms with Gasteiger partial charge in [0.2, 0.25) is 0 Å². The van der Waals surface area contributed by atoms with E-state index in [1.54, 1.807) is 12.1 Å². The fourth-order valence-corrected chi connectivity index (χ4v) is 2.58. The number of carbonyl (C=O) groups excluding carboxylic acids is 2. The van der Waals surface area contributed by atoms with Crippen molar-refractivity contribution in [2.75, 3.05) is 11.9 Å². The van der Waals surface area contributed by atoms with Crippen molar-refractivity contribution in [3.8, 4) is 5.75 Å². The molecule has 1 aliphatic rings. The molecule has 0 atom stereocenters. The van der Waals surface area contributed by atoms with Crippen molar-refractivity contribution < 1.29 is 14.3 Å². The third-order valence-electron chi connectivity index (χ3n) is 3.95. The minimum Gasteiger partial charge on any atom is -0.494 e. The molecule has 0 radical (unpaired) electrons. The smallest absolute Gasteiger partial charge is 0.329 e. The second-order valence-electron chi connectivity index (χ2n) is 6.26. The maximum Gasteiger partial charge on any atom is 0.329 e. The fraction of sp³-hybridized carbons (Fsp3) is 0.250. The van der Waals surface area contributed by atoms with E-state index in [1.165, 1.54) is 6.21 Å². The fourth-order valence-electron chi connectivity index (χ4n) is 2.40. The Balaban J connectivity index is 1.65. The molecule has 0 spiro atoms. The maximum atomic E-state index is 11.7. The monoisotopic (exact) mass is 400 g/mol. The molecule has 1 saturated carbocycles. The van der Waals surface area contributed by atoms with E-state index >= 15 is 0 Å². The number of nitrogens with zero attached hydrogens (tertiary/aromatic N) is 1. The highest BCUT2D eigenvalue weighted by molar-refractivity contribution is 6.35. The van der Waals surface area contributed by atoms with Crippen LogP contribution in [-0.4, -0.2) is 30.7 Å². The average molecular weight is 401 g/mol. The molecule has 28 heavy (non-hydrogen) atoms. The molecule has 146 valence electrons. The Morgan fingerprint density at radius 1 is 1.18 bits per heavy atom. The zero-order valence-corrected chi connectivity index (χ0v) is 16.1. The van der Waals surface area contributed by atoms with Gasteiger partial charge in [0, 0.05) is 28.0 Å². The first-order valence-corrected chi connectivity index (χ1v) is 9.36. The van der Waals surface area contributed by atoms with Crippen LogP contribution < -0.4 is 20.8 Å². The molecular weight excluding hydrogens is 380 g/mol. The summed E-state index contributed by atoms with van der Waals surface area (Å²) in [5, 5.41) is 10.3. The molecule has 7 nitrogen and oxygen atoms in total. The first-order chi connectivity index (χ1) is 13.5. The molecule has 0 aromatic heterocycles. The first-order valence-electron chi connectivity index (χ1n) is 8.98. The summed E-state index contributed by atoms with van der Waals surface area (Å²) in [6, 6.07) is 12.9. The largest absolute Gasteiger partial charge is 0.494 e. The van der Waals surface area contributed by atoms with Crippen LogP contribution in [0.1, 0.15) is 25.3 Å². The van der Waals surface area contributed by atoms with Gasteiger partial charge < -0.3 is 15.4 Å². The Kier molecular flexibility index (Phi) is 6.49. The first kappa shape index (κ1) is 19.7. The van der Waals surface area contributed by atoms with Crippen molar-refractivity contribution in [2.24, 2.45) is 5.10 Å². The standard InChI is InChI=1S/C20H21ClN4O3/c1-2-28-17-8-6-15(7-9-17)23-18-10-3-14(21)11-13(18)12-22-25-20(27)19(26)24-16-4-5-16/h3,6-12,16,23H,2,4-5H2,1H3,(H,24,26)(H,25,27)/b22-12-. The highest BCUT2D eigenvalue weighted by Gasteiger charge is 2.26. The van der Waals surface area contributed by atoms with Gasteiger partial charge in [-0.15, -0.1) is 0 Å². The van der Waals surface area contributed by atoms with Gasteiger partial charge in [-0.1, -0.05) is 11.6 Å². The Bertz CT molecular complexity index is 880. The van der Waals surface area contributed by atoms with E-state index in [9.17, 15) is 9.59 Å². The quantitative estimate of drug-likeness (QED) is 0.378. The summed E-state index contributed by atoms with van der Waals surface area (Å²) in [6.45, 7) is 2.54. The van der Waals surface area contributed by atoms with E-state index in [0.717, 1.165) is 30.0 Å². The molecule has 0 bridgehead atoms. The van der Waals surface area contributed by atoms with Crippen LogP contribution in [0.25, 0.3) is 0 Å². The van der Waals surface area contributed by atoms with Crippen LogP contribution in [0.15, 0.2) is 47.6 Å². The molecule has 2 aromatic rings. The summed E-state index contributed by atoms with van der Waals surface area (Å²) >= 11 is 6.07. The third-order valence-corrected chi connectivity index (χ3v) is 4.18. The van der Waals surface area contributed by atoms with E-state index in [1.807, 2.05) is 37.3 Å². The lowest BCUT2D eigenvalue weighted by atomic mass is 10.2. The molecule has 3 rings (SSSR count). The van der Waals surface area contributed by atoms with Crippen LogP contribution in [-0.2, 0) is 9.59 Å². The number of amides is 2. The number of hydrogen-bond acceptors (Lipinski definition) is 5. The predicted molar refractivity (Wildman–Crippen MR) is 109 cm³/mol. The zero-order valence-electron chi connectivity index (χ0n) is 15.4. The lowest BCUT2D eigenvalue weighted by Gasteiger charge is -2.11. The highest BCUT2D eigenvalue weighted by Crippen LogP contribution is 2.24. The van der Waals surface area contributed by atoms with E-state index in [2.05, 4.69) is 21.2 Å². The number of rotatable bonds is 7. The Hall–Kier alpha value is -3.06. The minimum absolute atomic E-state index is 0.111. The van der Waals surface area contributed by atoms with E-state index in [0.29, 0.717) is 17.2 Å². The molecular formula is C20H21ClN4O3. The third kappa shape index (κ3) is 5.72. The van der Waals surface area contributed by atoms with Crippen molar-refractivity contribution in [1.29, 1.82) is 0 Å². The molecule has 0 aliphatic heterocycles. The predicted octanol–water partition coefficient (Wildman–Crippen LogP) is 3.21. The Morgan fingerprint density at radius 2 is 1.93 bits per heavy atom. The zero-order chi connectivity index (χ0) is 19.9. The summed E-state index contributed by atoms with van der Waals surface area (Å²) in [4.78, 5) is 23.4. The molecule has 2 aromatic carbocycles. The van der Waals surface area contributed by atoms with Crippen LogP contribution in [0.5, 0.6) is 5.75 Å². The summed E-state index contributed by atoms with van der Waals surface area (Å²) < 4.78 is 5.43. The van der Waals surface area contributed by atoms with Crippen molar-refractivity contribution in [3.63, 3.8) is 0 Å². The summed E-state index contributed by atoms with van der Waals surface area (Å²) in [5.74, 6) is -0.692. The van der Waals surface area contributed by atoms with E-state index < -0.39 is 11.8 Å². The molecule has 0 unspecified atom stereocenters. The van der Waals surface area contributed by atoms with Crippen molar-refractivity contribution in [3.05, 3.63) is 53.1 Å². The highest BCUT2D eigenvalue weighted by atomic mass is 35.5. The van der Waals surface area contributed by atoms with Gasteiger partial charge in [-0.05, 0) is 62.2 Å². The van der Waals surface area contributed by atoms with Gasteiger partial charge in [0.05, 0.1) is 12.8 Å². The minimum atomic E-state index is -0.800. The normalized spacial score (nSPS) is 13.2. The maximum absolute atomic E-state index is 11.7. The lowest BCUT2D eigenvalue weighted by molar-refractivity contribution is -0.139. The number of hydrogen-bond donors (Lipinski definition) is 3. The molecule has 0 heterocycles. The van der Waals surface area contributed by atoms with Gasteiger partial charge in [0.1, 0.15) is 5.75 Å². The summed E-state index contributed by atoms with van der Waals surface area (Å²) in [6.07, 6.45) is 3.25. The van der Waals surface area contributed by atoms with Crippen LogP contribution in [0, 0.1) is 0 Å². The van der Waals surface area contributed by atoms with Gasteiger partial charge >= 0.3 is 11.8 Å². The number of nitrogens with one attached hydrogen (secondary N) is 3. The average Bonchev–Trinajstić information content (AvgIpc) is 3.49. The Labute approximate surface area is 168 Å². The number of anilines is 2. The number of hydrazone groups is 1. The molecule has 3 N–H and O–H groups in total. The second kappa shape index (κ2) is 9.23. The van der Waals surface area contributed by atoms with Crippen LogP contribution >= 0.6 is 11.6 Å². The molecule has 2 amide bonds. The number of ether oxygens (including phenoxy) is 1. The number of carbonyl (C=O) groups is 2. The molecule has 8 heteroatoms. The second-order valence-corrected chi connectivity index (χ2v) is 6.70. The molecule has 1 aliphatic carbocycles. The molecule has 1 fully saturated rings. The molecule has 0 saturated heterocycles. The summed E-state index contributed by atoms with van der Waals surface area (Å²) in [5.41, 5.74) is 4.48.